The Morgan fingerprint density at radius 3 is 2.43 bits per heavy atom. The molecule has 7 nitrogen and oxygen atoms in total. The number of aromatic nitrogens is 3. The van der Waals surface area contributed by atoms with Crippen molar-refractivity contribution in [3.63, 3.8) is 0 Å². The van der Waals surface area contributed by atoms with Crippen molar-refractivity contribution in [3.8, 4) is 5.75 Å². The molecule has 0 saturated heterocycles. The molecule has 0 amide bonds. The largest absolute Gasteiger partial charge is 0.493 e. The number of nitrogens with zero attached hydrogens (tertiary/aromatic N) is 3. The minimum atomic E-state index is -3.74. The topological polar surface area (TPSA) is 86.1 Å². The molecular formula is C22H22N4O3S. The maximum atomic E-state index is 13.1. The van der Waals surface area contributed by atoms with E-state index in [1.165, 1.54) is 6.33 Å². The Balaban J connectivity index is 1.62. The van der Waals surface area contributed by atoms with Crippen LogP contribution < -0.4 is 9.46 Å². The van der Waals surface area contributed by atoms with Crippen LogP contribution >= 0.6 is 0 Å². The third kappa shape index (κ3) is 4.19. The van der Waals surface area contributed by atoms with E-state index in [4.69, 9.17) is 4.74 Å². The molecule has 8 heteroatoms. The van der Waals surface area contributed by atoms with Gasteiger partial charge in [-0.1, -0.05) is 48.5 Å². The SMILES string of the molecule is CCOc1ccc(S(=O)(=O)NCc2ccccc2Cn2cncn2)c2ccccc12. The van der Waals surface area contributed by atoms with Gasteiger partial charge in [0.05, 0.1) is 18.0 Å². The predicted octanol–water partition coefficient (Wildman–Crippen LogP) is 3.36. The van der Waals surface area contributed by atoms with E-state index in [9.17, 15) is 8.42 Å². The summed E-state index contributed by atoms with van der Waals surface area (Å²) in [7, 11) is -3.74. The molecular weight excluding hydrogens is 400 g/mol. The van der Waals surface area contributed by atoms with Crippen LogP contribution in [0, 0.1) is 0 Å². The fraction of sp³-hybridized carbons (Fsp3) is 0.182. The third-order valence-electron chi connectivity index (χ3n) is 4.80. The van der Waals surface area contributed by atoms with E-state index in [0.717, 1.165) is 16.5 Å². The number of nitrogens with one attached hydrogen (secondary N) is 1. The van der Waals surface area contributed by atoms with Crippen LogP contribution in [0.5, 0.6) is 5.75 Å². The number of hydrogen-bond acceptors (Lipinski definition) is 5. The van der Waals surface area contributed by atoms with Crippen molar-refractivity contribution in [3.05, 3.63) is 84.4 Å². The molecule has 3 aromatic carbocycles. The Morgan fingerprint density at radius 2 is 1.70 bits per heavy atom. The summed E-state index contributed by atoms with van der Waals surface area (Å²) in [6.07, 6.45) is 3.11. The van der Waals surface area contributed by atoms with Crippen molar-refractivity contribution in [2.45, 2.75) is 24.9 Å². The van der Waals surface area contributed by atoms with Gasteiger partial charge in [-0.25, -0.2) is 22.8 Å². The van der Waals surface area contributed by atoms with Gasteiger partial charge in [0, 0.05) is 17.3 Å². The first-order chi connectivity index (χ1) is 14.6. The minimum Gasteiger partial charge on any atom is -0.493 e. The number of ether oxygens (including phenoxy) is 1. The van der Waals surface area contributed by atoms with E-state index in [1.807, 2.05) is 49.4 Å². The van der Waals surface area contributed by atoms with Crippen molar-refractivity contribution in [2.75, 3.05) is 6.61 Å². The summed E-state index contributed by atoms with van der Waals surface area (Å²) in [5.74, 6) is 0.672. The molecule has 1 heterocycles. The second-order valence-corrected chi connectivity index (χ2v) is 8.46. The summed E-state index contributed by atoms with van der Waals surface area (Å²) < 4.78 is 36.4. The molecule has 1 N–H and O–H groups in total. The number of rotatable bonds is 8. The first-order valence-corrected chi connectivity index (χ1v) is 11.1. The van der Waals surface area contributed by atoms with Crippen LogP contribution in [0.3, 0.4) is 0 Å². The van der Waals surface area contributed by atoms with Gasteiger partial charge in [0.1, 0.15) is 18.4 Å². The Bertz CT molecular complexity index is 1250. The van der Waals surface area contributed by atoms with Crippen LogP contribution in [0.1, 0.15) is 18.1 Å². The van der Waals surface area contributed by atoms with Crippen molar-refractivity contribution < 1.29 is 13.2 Å². The molecule has 0 fully saturated rings. The summed E-state index contributed by atoms with van der Waals surface area (Å²) in [5.41, 5.74) is 1.86. The van der Waals surface area contributed by atoms with Crippen LogP contribution in [0.25, 0.3) is 10.8 Å². The van der Waals surface area contributed by atoms with E-state index in [-0.39, 0.29) is 11.4 Å². The fourth-order valence-corrected chi connectivity index (χ4v) is 4.60. The highest BCUT2D eigenvalue weighted by Gasteiger charge is 2.19. The first kappa shape index (κ1) is 20.1. The molecule has 4 aromatic rings. The highest BCUT2D eigenvalue weighted by atomic mass is 32.2. The molecule has 0 radical (unpaired) electrons. The van der Waals surface area contributed by atoms with Gasteiger partial charge in [-0.05, 0) is 30.2 Å². The minimum absolute atomic E-state index is 0.175. The first-order valence-electron chi connectivity index (χ1n) is 9.62. The summed E-state index contributed by atoms with van der Waals surface area (Å²) in [4.78, 5) is 4.18. The van der Waals surface area contributed by atoms with Crippen LogP contribution in [0.4, 0.5) is 0 Å². The van der Waals surface area contributed by atoms with E-state index < -0.39 is 10.0 Å². The van der Waals surface area contributed by atoms with Gasteiger partial charge >= 0.3 is 0 Å². The van der Waals surface area contributed by atoms with Crippen molar-refractivity contribution in [2.24, 2.45) is 0 Å². The van der Waals surface area contributed by atoms with E-state index in [1.54, 1.807) is 29.2 Å². The number of sulfonamides is 1. The lowest BCUT2D eigenvalue weighted by Crippen LogP contribution is -2.24. The normalized spacial score (nSPS) is 11.6. The number of fused-ring (bicyclic) bond motifs is 1. The molecule has 4 rings (SSSR count). The van der Waals surface area contributed by atoms with Gasteiger partial charge < -0.3 is 4.74 Å². The maximum absolute atomic E-state index is 13.1. The Labute approximate surface area is 175 Å². The zero-order valence-electron chi connectivity index (χ0n) is 16.5. The number of benzene rings is 3. The Hall–Kier alpha value is -3.23. The van der Waals surface area contributed by atoms with E-state index in [0.29, 0.717) is 24.3 Å². The van der Waals surface area contributed by atoms with Crippen molar-refractivity contribution >= 4 is 20.8 Å². The lowest BCUT2D eigenvalue weighted by Gasteiger charge is -2.14. The quantitative estimate of drug-likeness (QED) is 0.471. The highest BCUT2D eigenvalue weighted by Crippen LogP contribution is 2.31. The molecule has 1 aromatic heterocycles. The smallest absolute Gasteiger partial charge is 0.241 e. The molecule has 0 aliphatic rings. The lowest BCUT2D eigenvalue weighted by molar-refractivity contribution is 0.344. The van der Waals surface area contributed by atoms with Gasteiger partial charge in [-0.3, -0.25) is 0 Å². The third-order valence-corrected chi connectivity index (χ3v) is 6.26. The predicted molar refractivity (Wildman–Crippen MR) is 115 cm³/mol. The molecule has 0 aliphatic heterocycles. The van der Waals surface area contributed by atoms with Gasteiger partial charge in [0.2, 0.25) is 10.0 Å². The van der Waals surface area contributed by atoms with Crippen LogP contribution in [-0.2, 0) is 23.1 Å². The van der Waals surface area contributed by atoms with Gasteiger partial charge in [0.15, 0.2) is 0 Å². The van der Waals surface area contributed by atoms with E-state index in [2.05, 4.69) is 14.8 Å². The summed E-state index contributed by atoms with van der Waals surface area (Å²) in [5, 5.41) is 5.52. The molecule has 0 atom stereocenters. The Kier molecular flexibility index (Phi) is 5.78. The highest BCUT2D eigenvalue weighted by molar-refractivity contribution is 7.89. The van der Waals surface area contributed by atoms with Gasteiger partial charge in [-0.2, -0.15) is 5.10 Å². The number of hydrogen-bond donors (Lipinski definition) is 1. The van der Waals surface area contributed by atoms with E-state index >= 15 is 0 Å². The average molecular weight is 423 g/mol. The maximum Gasteiger partial charge on any atom is 0.241 e. The second-order valence-electron chi connectivity index (χ2n) is 6.73. The average Bonchev–Trinajstić information content (AvgIpc) is 3.26. The molecule has 0 saturated carbocycles. The summed E-state index contributed by atoms with van der Waals surface area (Å²) >= 11 is 0. The lowest BCUT2D eigenvalue weighted by atomic mass is 10.1. The van der Waals surface area contributed by atoms with Gasteiger partial charge in [-0.15, -0.1) is 0 Å². The van der Waals surface area contributed by atoms with Crippen molar-refractivity contribution in [1.82, 2.24) is 19.5 Å². The molecule has 30 heavy (non-hydrogen) atoms. The molecule has 154 valence electrons. The summed E-state index contributed by atoms with van der Waals surface area (Å²) in [6, 6.07) is 18.3. The van der Waals surface area contributed by atoms with Gasteiger partial charge in [0.25, 0.3) is 0 Å². The monoisotopic (exact) mass is 422 g/mol. The molecule has 0 aliphatic carbocycles. The molecule has 0 spiro atoms. The molecule has 0 unspecified atom stereocenters. The van der Waals surface area contributed by atoms with Crippen LogP contribution in [0.15, 0.2) is 78.2 Å². The Morgan fingerprint density at radius 1 is 0.967 bits per heavy atom. The van der Waals surface area contributed by atoms with Crippen LogP contribution in [-0.4, -0.2) is 29.8 Å². The second kappa shape index (κ2) is 8.64. The van der Waals surface area contributed by atoms with Crippen molar-refractivity contribution in [1.29, 1.82) is 0 Å². The fourth-order valence-electron chi connectivity index (χ4n) is 3.38. The zero-order chi connectivity index (χ0) is 21.0. The zero-order valence-corrected chi connectivity index (χ0v) is 17.3. The standard InChI is InChI=1S/C22H22N4O3S/c1-2-29-21-11-12-22(20-10-6-5-9-19(20)21)30(27,28)25-13-17-7-3-4-8-18(17)14-26-16-23-15-24-26/h3-12,15-16,25H,2,13-14H2,1H3. The molecule has 0 bridgehead atoms. The van der Waals surface area contributed by atoms with Crippen LogP contribution in [0.2, 0.25) is 0 Å². The summed E-state index contributed by atoms with van der Waals surface area (Å²) in [6.45, 7) is 3.10.